The van der Waals surface area contributed by atoms with E-state index in [9.17, 15) is 0 Å². The van der Waals surface area contributed by atoms with Crippen LogP contribution in [-0.4, -0.2) is 9.55 Å². The van der Waals surface area contributed by atoms with Crippen LogP contribution in [0.3, 0.4) is 0 Å². The van der Waals surface area contributed by atoms with Crippen molar-refractivity contribution in [2.45, 2.75) is 27.3 Å². The minimum absolute atomic E-state index is 0.609. The molecular formula is C14H18IN3. The van der Waals surface area contributed by atoms with Crippen LogP contribution in [0.15, 0.2) is 30.6 Å². The highest BCUT2D eigenvalue weighted by Gasteiger charge is 2.05. The maximum Gasteiger partial charge on any atom is 0.207 e. The number of rotatable bonds is 4. The zero-order valence-corrected chi connectivity index (χ0v) is 13.1. The second-order valence-corrected chi connectivity index (χ2v) is 6.05. The van der Waals surface area contributed by atoms with Gasteiger partial charge in [-0.3, -0.25) is 0 Å². The normalized spacial score (nSPS) is 10.9. The van der Waals surface area contributed by atoms with Gasteiger partial charge in [0.15, 0.2) is 0 Å². The van der Waals surface area contributed by atoms with Gasteiger partial charge in [-0.15, -0.1) is 0 Å². The first-order valence-corrected chi connectivity index (χ1v) is 7.18. The minimum Gasteiger partial charge on any atom is -0.326 e. The maximum absolute atomic E-state index is 4.37. The van der Waals surface area contributed by atoms with Gasteiger partial charge in [0.1, 0.15) is 0 Å². The Morgan fingerprint density at radius 3 is 2.83 bits per heavy atom. The van der Waals surface area contributed by atoms with E-state index in [2.05, 4.69) is 76.4 Å². The Morgan fingerprint density at radius 2 is 2.17 bits per heavy atom. The summed E-state index contributed by atoms with van der Waals surface area (Å²) in [4.78, 5) is 4.37. The number of nitrogens with zero attached hydrogens (tertiary/aromatic N) is 2. The lowest BCUT2D eigenvalue weighted by atomic mass is 10.2. The second-order valence-electron chi connectivity index (χ2n) is 4.89. The standard InChI is InChI=1S/C14H18IN3/c1-10(2)9-18-7-6-16-14(18)17-12-5-4-11(3)13(15)8-12/h4-8,10H,9H2,1-3H3,(H,16,17). The van der Waals surface area contributed by atoms with Gasteiger partial charge in [-0.2, -0.15) is 0 Å². The number of nitrogens with one attached hydrogen (secondary N) is 1. The molecular weight excluding hydrogens is 337 g/mol. The zero-order chi connectivity index (χ0) is 13.1. The molecule has 2 rings (SSSR count). The van der Waals surface area contributed by atoms with Gasteiger partial charge in [-0.1, -0.05) is 19.9 Å². The number of aryl methyl sites for hydroxylation is 1. The fourth-order valence-corrected chi connectivity index (χ4v) is 2.29. The lowest BCUT2D eigenvalue weighted by Crippen LogP contribution is -2.07. The Morgan fingerprint density at radius 1 is 1.39 bits per heavy atom. The van der Waals surface area contributed by atoms with Gasteiger partial charge in [0.25, 0.3) is 0 Å². The van der Waals surface area contributed by atoms with Gasteiger partial charge < -0.3 is 9.88 Å². The topological polar surface area (TPSA) is 29.9 Å². The molecule has 1 aromatic heterocycles. The first kappa shape index (κ1) is 13.4. The molecule has 0 atom stereocenters. The molecule has 0 aliphatic carbocycles. The number of halogens is 1. The third-order valence-electron chi connectivity index (χ3n) is 2.71. The Balaban J connectivity index is 2.18. The first-order chi connectivity index (χ1) is 8.56. The van der Waals surface area contributed by atoms with E-state index in [0.29, 0.717) is 5.92 Å². The van der Waals surface area contributed by atoms with Crippen molar-refractivity contribution in [3.05, 3.63) is 39.7 Å². The van der Waals surface area contributed by atoms with Gasteiger partial charge in [0.2, 0.25) is 5.95 Å². The predicted octanol–water partition coefficient (Wildman–Crippen LogP) is 4.20. The van der Waals surface area contributed by atoms with Crippen LogP contribution in [0, 0.1) is 16.4 Å². The minimum atomic E-state index is 0.609. The highest BCUT2D eigenvalue weighted by molar-refractivity contribution is 14.1. The maximum atomic E-state index is 4.37. The molecule has 0 aliphatic heterocycles. The molecule has 0 spiro atoms. The van der Waals surface area contributed by atoms with Gasteiger partial charge in [-0.25, -0.2) is 4.98 Å². The predicted molar refractivity (Wildman–Crippen MR) is 84.2 cm³/mol. The van der Waals surface area contributed by atoms with Crippen LogP contribution in [-0.2, 0) is 6.54 Å². The van der Waals surface area contributed by atoms with Crippen molar-refractivity contribution in [1.82, 2.24) is 9.55 Å². The molecule has 4 heteroatoms. The number of aromatic nitrogens is 2. The molecule has 0 radical (unpaired) electrons. The van der Waals surface area contributed by atoms with Gasteiger partial charge >= 0.3 is 0 Å². The van der Waals surface area contributed by atoms with Crippen molar-refractivity contribution in [2.75, 3.05) is 5.32 Å². The van der Waals surface area contributed by atoms with Crippen LogP contribution < -0.4 is 5.32 Å². The lowest BCUT2D eigenvalue weighted by Gasteiger charge is -2.12. The molecule has 1 aromatic carbocycles. The van der Waals surface area contributed by atoms with E-state index in [0.717, 1.165) is 18.2 Å². The average molecular weight is 355 g/mol. The van der Waals surface area contributed by atoms with Gasteiger partial charge in [0, 0.05) is 28.2 Å². The third-order valence-corrected chi connectivity index (χ3v) is 3.87. The second kappa shape index (κ2) is 5.73. The van der Waals surface area contributed by atoms with Gasteiger partial charge in [0.05, 0.1) is 0 Å². The van der Waals surface area contributed by atoms with Crippen LogP contribution in [0.5, 0.6) is 0 Å². The van der Waals surface area contributed by atoms with E-state index in [1.807, 2.05) is 12.4 Å². The fraction of sp³-hybridized carbons (Fsp3) is 0.357. The third kappa shape index (κ3) is 3.25. The Hall–Kier alpha value is -1.04. The largest absolute Gasteiger partial charge is 0.326 e. The van der Waals surface area contributed by atoms with Crippen LogP contribution in [0.25, 0.3) is 0 Å². The molecule has 3 nitrogen and oxygen atoms in total. The fourth-order valence-electron chi connectivity index (χ4n) is 1.77. The molecule has 0 aliphatic rings. The van der Waals surface area contributed by atoms with Gasteiger partial charge in [-0.05, 0) is 53.1 Å². The highest BCUT2D eigenvalue weighted by Crippen LogP contribution is 2.20. The van der Waals surface area contributed by atoms with E-state index in [4.69, 9.17) is 0 Å². The number of benzene rings is 1. The average Bonchev–Trinajstić information content (AvgIpc) is 2.70. The quantitative estimate of drug-likeness (QED) is 0.834. The molecule has 1 N–H and O–H groups in total. The molecule has 0 saturated heterocycles. The summed E-state index contributed by atoms with van der Waals surface area (Å²) < 4.78 is 3.41. The Labute approximate surface area is 122 Å². The molecule has 0 bridgehead atoms. The zero-order valence-electron chi connectivity index (χ0n) is 10.9. The monoisotopic (exact) mass is 355 g/mol. The van der Waals surface area contributed by atoms with E-state index < -0.39 is 0 Å². The van der Waals surface area contributed by atoms with Crippen LogP contribution in [0.4, 0.5) is 11.6 Å². The number of hydrogen-bond donors (Lipinski definition) is 1. The SMILES string of the molecule is Cc1ccc(Nc2nccn2CC(C)C)cc1I. The number of imidazole rings is 1. The van der Waals surface area contributed by atoms with Crippen molar-refractivity contribution in [3.63, 3.8) is 0 Å². The highest BCUT2D eigenvalue weighted by atomic mass is 127. The summed E-state index contributed by atoms with van der Waals surface area (Å²) in [5, 5.41) is 3.37. The molecule has 1 heterocycles. The van der Waals surface area contributed by atoms with Crippen LogP contribution in [0.2, 0.25) is 0 Å². The van der Waals surface area contributed by atoms with Crippen LogP contribution in [0.1, 0.15) is 19.4 Å². The molecule has 96 valence electrons. The molecule has 2 aromatic rings. The molecule has 0 fully saturated rings. The van der Waals surface area contributed by atoms with Crippen molar-refractivity contribution < 1.29 is 0 Å². The molecule has 0 unspecified atom stereocenters. The summed E-state index contributed by atoms with van der Waals surface area (Å²) in [6.07, 6.45) is 3.85. The molecule has 0 amide bonds. The van der Waals surface area contributed by atoms with Crippen molar-refractivity contribution in [1.29, 1.82) is 0 Å². The van der Waals surface area contributed by atoms with Crippen LogP contribution >= 0.6 is 22.6 Å². The Bertz CT molecular complexity index is 532. The van der Waals surface area contributed by atoms with E-state index in [-0.39, 0.29) is 0 Å². The van der Waals surface area contributed by atoms with Crippen molar-refractivity contribution in [2.24, 2.45) is 5.92 Å². The summed E-state index contributed by atoms with van der Waals surface area (Å²) in [5.74, 6) is 1.52. The summed E-state index contributed by atoms with van der Waals surface area (Å²) in [5.41, 5.74) is 2.38. The van der Waals surface area contributed by atoms with E-state index >= 15 is 0 Å². The molecule has 0 saturated carbocycles. The summed E-state index contributed by atoms with van der Waals surface area (Å²) >= 11 is 2.35. The smallest absolute Gasteiger partial charge is 0.207 e. The van der Waals surface area contributed by atoms with E-state index in [1.54, 1.807) is 0 Å². The lowest BCUT2D eigenvalue weighted by molar-refractivity contribution is 0.527. The first-order valence-electron chi connectivity index (χ1n) is 6.10. The van der Waals surface area contributed by atoms with Crippen molar-refractivity contribution >= 4 is 34.2 Å². The number of hydrogen-bond acceptors (Lipinski definition) is 2. The Kier molecular flexibility index (Phi) is 4.27. The number of anilines is 2. The summed E-state index contributed by atoms with van der Waals surface area (Å²) in [6.45, 7) is 7.51. The van der Waals surface area contributed by atoms with E-state index in [1.165, 1.54) is 9.13 Å². The summed E-state index contributed by atoms with van der Waals surface area (Å²) in [6, 6.07) is 6.36. The summed E-state index contributed by atoms with van der Waals surface area (Å²) in [7, 11) is 0. The van der Waals surface area contributed by atoms with Crippen molar-refractivity contribution in [3.8, 4) is 0 Å². The molecule has 18 heavy (non-hydrogen) atoms.